The minimum Gasteiger partial charge on any atom is -0.465 e. The Morgan fingerprint density at radius 2 is 1.67 bits per heavy atom. The summed E-state index contributed by atoms with van der Waals surface area (Å²) >= 11 is 0. The molecule has 0 aliphatic carbocycles. The summed E-state index contributed by atoms with van der Waals surface area (Å²) in [6.07, 6.45) is 0. The number of carbonyl (C=O) groups excluding carboxylic acids is 2. The number of Topliss-reactive ketones (excluding diaryl/α,β-unsaturated/α-hetero) is 1. The Labute approximate surface area is 108 Å². The van der Waals surface area contributed by atoms with Crippen molar-refractivity contribution >= 4 is 11.8 Å². The minimum absolute atomic E-state index is 0.00688. The molecule has 0 rings (SSSR count). The standard InChI is InChI=1S/C12H23NO5/c1-4-18-11(17)12(2,3)10(16)9-13(5-7-14)6-8-15/h14-15H,4-9H2,1-3H3. The van der Waals surface area contributed by atoms with Gasteiger partial charge < -0.3 is 14.9 Å². The highest BCUT2D eigenvalue weighted by atomic mass is 16.5. The molecule has 6 heteroatoms. The van der Waals surface area contributed by atoms with Crippen molar-refractivity contribution in [3.05, 3.63) is 0 Å². The normalized spacial score (nSPS) is 11.7. The van der Waals surface area contributed by atoms with E-state index in [0.29, 0.717) is 0 Å². The van der Waals surface area contributed by atoms with Crippen LogP contribution in [0.15, 0.2) is 0 Å². The molecule has 0 atom stereocenters. The van der Waals surface area contributed by atoms with Gasteiger partial charge in [0.05, 0.1) is 26.4 Å². The van der Waals surface area contributed by atoms with Crippen molar-refractivity contribution in [3.63, 3.8) is 0 Å². The lowest BCUT2D eigenvalue weighted by Crippen LogP contribution is -2.43. The summed E-state index contributed by atoms with van der Waals surface area (Å²) in [5.41, 5.74) is -1.21. The van der Waals surface area contributed by atoms with E-state index in [1.54, 1.807) is 11.8 Å². The number of aliphatic hydroxyl groups is 2. The van der Waals surface area contributed by atoms with Gasteiger partial charge in [0.25, 0.3) is 0 Å². The van der Waals surface area contributed by atoms with Crippen LogP contribution in [0.2, 0.25) is 0 Å². The molecule has 0 spiro atoms. The van der Waals surface area contributed by atoms with Crippen molar-refractivity contribution in [1.82, 2.24) is 4.90 Å². The summed E-state index contributed by atoms with van der Waals surface area (Å²) < 4.78 is 4.85. The van der Waals surface area contributed by atoms with Crippen LogP contribution in [-0.4, -0.2) is 66.3 Å². The highest BCUT2D eigenvalue weighted by Gasteiger charge is 2.37. The van der Waals surface area contributed by atoms with E-state index >= 15 is 0 Å². The highest BCUT2D eigenvalue weighted by Crippen LogP contribution is 2.19. The average Bonchev–Trinajstić information content (AvgIpc) is 2.29. The van der Waals surface area contributed by atoms with E-state index in [9.17, 15) is 9.59 Å². The van der Waals surface area contributed by atoms with Crippen LogP contribution >= 0.6 is 0 Å². The first-order chi connectivity index (χ1) is 8.39. The fourth-order valence-electron chi connectivity index (χ4n) is 1.38. The van der Waals surface area contributed by atoms with Gasteiger partial charge in [0, 0.05) is 13.1 Å². The second-order valence-electron chi connectivity index (χ2n) is 4.49. The van der Waals surface area contributed by atoms with E-state index in [4.69, 9.17) is 14.9 Å². The van der Waals surface area contributed by atoms with Gasteiger partial charge in [-0.3, -0.25) is 14.5 Å². The molecule has 2 N–H and O–H groups in total. The second-order valence-corrected chi connectivity index (χ2v) is 4.49. The van der Waals surface area contributed by atoms with E-state index in [1.165, 1.54) is 13.8 Å². The zero-order valence-corrected chi connectivity index (χ0v) is 11.3. The summed E-state index contributed by atoms with van der Waals surface area (Å²) in [5.74, 6) is -0.842. The molecule has 0 fully saturated rings. The van der Waals surface area contributed by atoms with E-state index < -0.39 is 11.4 Å². The number of nitrogens with zero attached hydrogens (tertiary/aromatic N) is 1. The van der Waals surface area contributed by atoms with Crippen molar-refractivity contribution in [3.8, 4) is 0 Å². The van der Waals surface area contributed by atoms with Crippen molar-refractivity contribution in [2.24, 2.45) is 5.41 Å². The number of hydrogen-bond acceptors (Lipinski definition) is 6. The van der Waals surface area contributed by atoms with Gasteiger partial charge in [0.2, 0.25) is 0 Å². The molecule has 0 aromatic rings. The maximum atomic E-state index is 12.0. The van der Waals surface area contributed by atoms with E-state index in [-0.39, 0.29) is 45.2 Å². The highest BCUT2D eigenvalue weighted by molar-refractivity contribution is 6.03. The maximum absolute atomic E-state index is 12.0. The van der Waals surface area contributed by atoms with Gasteiger partial charge in [-0.15, -0.1) is 0 Å². The number of aliphatic hydroxyl groups excluding tert-OH is 2. The first kappa shape index (κ1) is 17.0. The first-order valence-electron chi connectivity index (χ1n) is 6.04. The monoisotopic (exact) mass is 261 g/mol. The topological polar surface area (TPSA) is 87.1 Å². The number of rotatable bonds is 9. The predicted molar refractivity (Wildman–Crippen MR) is 66.0 cm³/mol. The van der Waals surface area contributed by atoms with Crippen LogP contribution in [-0.2, 0) is 14.3 Å². The lowest BCUT2D eigenvalue weighted by molar-refractivity contribution is -0.158. The number of hydrogen-bond donors (Lipinski definition) is 2. The molecule has 0 aliphatic rings. The molecule has 18 heavy (non-hydrogen) atoms. The molecule has 0 unspecified atom stereocenters. The molecule has 0 heterocycles. The van der Waals surface area contributed by atoms with Crippen LogP contribution in [0.1, 0.15) is 20.8 Å². The van der Waals surface area contributed by atoms with E-state index in [0.717, 1.165) is 0 Å². The minimum atomic E-state index is -1.21. The molecular weight excluding hydrogens is 238 g/mol. The smallest absolute Gasteiger partial charge is 0.319 e. The Morgan fingerprint density at radius 3 is 2.06 bits per heavy atom. The van der Waals surface area contributed by atoms with Crippen LogP contribution in [0, 0.1) is 5.41 Å². The fourth-order valence-corrected chi connectivity index (χ4v) is 1.38. The molecule has 6 nitrogen and oxygen atoms in total. The van der Waals surface area contributed by atoms with Gasteiger partial charge in [-0.25, -0.2) is 0 Å². The van der Waals surface area contributed by atoms with E-state index in [1.807, 2.05) is 0 Å². The predicted octanol–water partition coefficient (Wildman–Crippen LogP) is -0.569. The molecule has 0 saturated heterocycles. The molecule has 0 aliphatic heterocycles. The summed E-state index contributed by atoms with van der Waals surface area (Å²) in [6.45, 7) is 5.31. The molecule has 0 radical (unpaired) electrons. The van der Waals surface area contributed by atoms with Crippen LogP contribution in [0.3, 0.4) is 0 Å². The quantitative estimate of drug-likeness (QED) is 0.427. The summed E-state index contributed by atoms with van der Waals surface area (Å²) in [5, 5.41) is 17.7. The third kappa shape index (κ3) is 5.12. The van der Waals surface area contributed by atoms with Crippen molar-refractivity contribution in [1.29, 1.82) is 0 Å². The Hall–Kier alpha value is -0.980. The number of carbonyl (C=O) groups is 2. The van der Waals surface area contributed by atoms with Gasteiger partial charge in [-0.05, 0) is 20.8 Å². The first-order valence-corrected chi connectivity index (χ1v) is 6.04. The van der Waals surface area contributed by atoms with Crippen LogP contribution in [0.5, 0.6) is 0 Å². The SMILES string of the molecule is CCOC(=O)C(C)(C)C(=O)CN(CCO)CCO. The van der Waals surface area contributed by atoms with E-state index in [2.05, 4.69) is 0 Å². The third-order valence-electron chi connectivity index (χ3n) is 2.68. The molecule has 0 aromatic heterocycles. The van der Waals surface area contributed by atoms with Crippen molar-refractivity contribution in [2.45, 2.75) is 20.8 Å². The van der Waals surface area contributed by atoms with Crippen LogP contribution in [0.4, 0.5) is 0 Å². The lowest BCUT2D eigenvalue weighted by atomic mass is 9.88. The summed E-state index contributed by atoms with van der Waals surface area (Å²) in [4.78, 5) is 25.3. The van der Waals surface area contributed by atoms with Crippen molar-refractivity contribution in [2.75, 3.05) is 39.5 Å². The van der Waals surface area contributed by atoms with Gasteiger partial charge in [0.15, 0.2) is 5.78 Å². The summed E-state index contributed by atoms with van der Waals surface area (Å²) in [7, 11) is 0. The number of ketones is 1. The van der Waals surface area contributed by atoms with Gasteiger partial charge in [-0.2, -0.15) is 0 Å². The van der Waals surface area contributed by atoms with Gasteiger partial charge in [-0.1, -0.05) is 0 Å². The number of esters is 1. The Kier molecular flexibility index (Phi) is 7.73. The fraction of sp³-hybridized carbons (Fsp3) is 0.833. The Morgan fingerprint density at radius 1 is 1.17 bits per heavy atom. The summed E-state index contributed by atoms with van der Waals surface area (Å²) in [6, 6.07) is 0. The largest absolute Gasteiger partial charge is 0.465 e. The van der Waals surface area contributed by atoms with Crippen LogP contribution in [0.25, 0.3) is 0 Å². The lowest BCUT2D eigenvalue weighted by Gasteiger charge is -2.25. The van der Waals surface area contributed by atoms with Crippen molar-refractivity contribution < 1.29 is 24.5 Å². The maximum Gasteiger partial charge on any atom is 0.319 e. The number of ether oxygens (including phenoxy) is 1. The Bertz CT molecular complexity index is 272. The average molecular weight is 261 g/mol. The molecule has 106 valence electrons. The molecule has 0 saturated carbocycles. The molecule has 0 amide bonds. The van der Waals surface area contributed by atoms with Gasteiger partial charge in [0.1, 0.15) is 5.41 Å². The zero-order chi connectivity index (χ0) is 14.2. The zero-order valence-electron chi connectivity index (χ0n) is 11.3. The Balaban J connectivity index is 4.55. The third-order valence-corrected chi connectivity index (χ3v) is 2.68. The van der Waals surface area contributed by atoms with Gasteiger partial charge >= 0.3 is 5.97 Å². The van der Waals surface area contributed by atoms with Crippen LogP contribution < -0.4 is 0 Å². The molecular formula is C12H23NO5. The second kappa shape index (κ2) is 8.18. The molecule has 0 bridgehead atoms. The molecule has 0 aromatic carbocycles.